The van der Waals surface area contributed by atoms with Crippen LogP contribution in [0.2, 0.25) is 0 Å². The first-order chi connectivity index (χ1) is 9.10. The Hall–Kier alpha value is -1.29. The number of carbonyl (C=O) groups excluding carboxylic acids is 1. The van der Waals surface area contributed by atoms with E-state index in [1.807, 2.05) is 6.92 Å². The zero-order valence-corrected chi connectivity index (χ0v) is 11.0. The van der Waals surface area contributed by atoms with Crippen LogP contribution in [0, 0.1) is 17.6 Å². The van der Waals surface area contributed by atoms with Crippen molar-refractivity contribution in [1.82, 2.24) is 0 Å². The third kappa shape index (κ3) is 3.60. The van der Waals surface area contributed by atoms with Gasteiger partial charge in [-0.1, -0.05) is 6.07 Å². The van der Waals surface area contributed by atoms with E-state index < -0.39 is 11.6 Å². The molecule has 0 saturated heterocycles. The zero-order valence-electron chi connectivity index (χ0n) is 11.0. The van der Waals surface area contributed by atoms with Crippen molar-refractivity contribution in [3.63, 3.8) is 0 Å². The largest absolute Gasteiger partial charge is 0.378 e. The first-order valence-corrected chi connectivity index (χ1v) is 6.66. The monoisotopic (exact) mass is 268 g/mol. The Labute approximate surface area is 111 Å². The number of hydrogen-bond acceptors (Lipinski definition) is 2. The fourth-order valence-electron chi connectivity index (χ4n) is 2.51. The number of rotatable bonds is 6. The molecule has 0 amide bonds. The molecule has 1 aromatic carbocycles. The topological polar surface area (TPSA) is 26.3 Å². The maximum absolute atomic E-state index is 13.4. The van der Waals surface area contributed by atoms with Crippen LogP contribution in [0.25, 0.3) is 0 Å². The maximum Gasteiger partial charge on any atom is 0.137 e. The average molecular weight is 268 g/mol. The summed E-state index contributed by atoms with van der Waals surface area (Å²) in [5, 5.41) is 0. The van der Waals surface area contributed by atoms with Crippen molar-refractivity contribution in [2.24, 2.45) is 5.92 Å². The fraction of sp³-hybridized carbons (Fsp3) is 0.533. The van der Waals surface area contributed by atoms with E-state index in [1.54, 1.807) is 0 Å². The fourth-order valence-corrected chi connectivity index (χ4v) is 2.51. The van der Waals surface area contributed by atoms with Crippen LogP contribution < -0.4 is 0 Å². The van der Waals surface area contributed by atoms with Gasteiger partial charge >= 0.3 is 0 Å². The molecule has 104 valence electrons. The summed E-state index contributed by atoms with van der Waals surface area (Å²) < 4.78 is 32.2. The number of Topliss-reactive ketones (excluding diaryl/α,β-unsaturated/α-hetero) is 1. The number of hydrogen-bond donors (Lipinski definition) is 0. The van der Waals surface area contributed by atoms with E-state index in [1.165, 1.54) is 18.2 Å². The number of benzene rings is 1. The van der Waals surface area contributed by atoms with Crippen molar-refractivity contribution in [2.75, 3.05) is 6.61 Å². The van der Waals surface area contributed by atoms with Gasteiger partial charge in [-0.2, -0.15) is 0 Å². The highest BCUT2D eigenvalue weighted by Gasteiger charge is 2.31. The smallest absolute Gasteiger partial charge is 0.137 e. The molecule has 2 rings (SSSR count). The number of carbonyl (C=O) groups is 1. The van der Waals surface area contributed by atoms with Crippen molar-refractivity contribution < 1.29 is 18.3 Å². The predicted octanol–water partition coefficient (Wildman–Crippen LogP) is 3.28. The van der Waals surface area contributed by atoms with Gasteiger partial charge in [-0.15, -0.1) is 0 Å². The van der Waals surface area contributed by atoms with Crippen molar-refractivity contribution in [1.29, 1.82) is 0 Å². The molecule has 1 fully saturated rings. The van der Waals surface area contributed by atoms with Crippen LogP contribution in [0.15, 0.2) is 18.2 Å². The first kappa shape index (κ1) is 14.1. The molecular weight excluding hydrogens is 250 g/mol. The molecule has 0 aliphatic heterocycles. The normalized spacial score (nSPS) is 22.1. The van der Waals surface area contributed by atoms with E-state index in [2.05, 4.69) is 0 Å². The Bertz CT molecular complexity index is 433. The Balaban J connectivity index is 1.82. The van der Waals surface area contributed by atoms with Gasteiger partial charge in [0.25, 0.3) is 0 Å². The molecule has 0 spiro atoms. The maximum atomic E-state index is 13.4. The van der Waals surface area contributed by atoms with Gasteiger partial charge < -0.3 is 4.74 Å². The molecule has 0 aromatic heterocycles. The zero-order chi connectivity index (χ0) is 13.8. The minimum atomic E-state index is -0.644. The van der Waals surface area contributed by atoms with Gasteiger partial charge in [-0.25, -0.2) is 8.78 Å². The minimum Gasteiger partial charge on any atom is -0.378 e. The van der Waals surface area contributed by atoms with Gasteiger partial charge in [0.2, 0.25) is 0 Å². The van der Waals surface area contributed by atoms with Gasteiger partial charge in [0.05, 0.1) is 6.10 Å². The van der Waals surface area contributed by atoms with Gasteiger partial charge in [-0.3, -0.25) is 4.79 Å². The molecule has 0 atom stereocenters. The van der Waals surface area contributed by atoms with Crippen LogP contribution in [0.4, 0.5) is 8.78 Å². The molecule has 0 unspecified atom stereocenters. The summed E-state index contributed by atoms with van der Waals surface area (Å²) in [5.41, 5.74) is -0.117. The van der Waals surface area contributed by atoms with Crippen LogP contribution in [0.3, 0.4) is 0 Å². The van der Waals surface area contributed by atoms with Crippen LogP contribution in [-0.4, -0.2) is 18.5 Å². The van der Waals surface area contributed by atoms with Crippen molar-refractivity contribution >= 4 is 5.78 Å². The lowest BCUT2D eigenvalue weighted by Crippen LogP contribution is -2.33. The Morgan fingerprint density at radius 2 is 1.95 bits per heavy atom. The lowest BCUT2D eigenvalue weighted by Gasteiger charge is -2.34. The summed E-state index contributed by atoms with van der Waals surface area (Å²) in [5.74, 6) is -1.09. The van der Waals surface area contributed by atoms with E-state index in [0.717, 1.165) is 12.8 Å². The lowest BCUT2D eigenvalue weighted by molar-refractivity contribution is -0.121. The number of ketones is 1. The van der Waals surface area contributed by atoms with E-state index in [4.69, 9.17) is 4.74 Å². The molecule has 1 aliphatic carbocycles. The van der Waals surface area contributed by atoms with Crippen molar-refractivity contribution in [3.05, 3.63) is 35.4 Å². The molecule has 0 bridgehead atoms. The van der Waals surface area contributed by atoms with Crippen LogP contribution in [0.1, 0.15) is 31.7 Å². The van der Waals surface area contributed by atoms with Gasteiger partial charge in [0, 0.05) is 25.0 Å². The SMILES string of the molecule is CCOC1CC(CC(=O)Cc2c(F)cccc2F)C1. The second-order valence-corrected chi connectivity index (χ2v) is 5.03. The summed E-state index contributed by atoms with van der Waals surface area (Å²) >= 11 is 0. The highest BCUT2D eigenvalue weighted by Crippen LogP contribution is 2.33. The summed E-state index contributed by atoms with van der Waals surface area (Å²) in [6.45, 7) is 2.63. The summed E-state index contributed by atoms with van der Waals surface area (Å²) in [4.78, 5) is 11.8. The molecular formula is C15H18F2O2. The molecule has 2 nitrogen and oxygen atoms in total. The second kappa shape index (κ2) is 6.24. The molecule has 0 N–H and O–H groups in total. The third-order valence-corrected chi connectivity index (χ3v) is 3.55. The average Bonchev–Trinajstić information content (AvgIpc) is 2.31. The summed E-state index contributed by atoms with van der Waals surface area (Å²) in [6.07, 6.45) is 2.23. The second-order valence-electron chi connectivity index (χ2n) is 5.03. The third-order valence-electron chi connectivity index (χ3n) is 3.55. The number of ether oxygens (including phenoxy) is 1. The van der Waals surface area contributed by atoms with Crippen LogP contribution in [0.5, 0.6) is 0 Å². The first-order valence-electron chi connectivity index (χ1n) is 6.66. The highest BCUT2D eigenvalue weighted by molar-refractivity contribution is 5.81. The highest BCUT2D eigenvalue weighted by atomic mass is 19.1. The summed E-state index contributed by atoms with van der Waals surface area (Å²) in [6, 6.07) is 3.66. The van der Waals surface area contributed by atoms with E-state index in [0.29, 0.717) is 18.9 Å². The standard InChI is InChI=1S/C15H18F2O2/c1-2-19-12-7-10(8-12)6-11(18)9-13-14(16)4-3-5-15(13)17/h3-5,10,12H,2,6-9H2,1H3. The molecule has 1 aliphatic rings. The molecule has 0 radical (unpaired) electrons. The van der Waals surface area contributed by atoms with Gasteiger partial charge in [0.15, 0.2) is 0 Å². The Morgan fingerprint density at radius 3 is 2.53 bits per heavy atom. The van der Waals surface area contributed by atoms with Gasteiger partial charge in [-0.05, 0) is 37.8 Å². The van der Waals surface area contributed by atoms with Crippen molar-refractivity contribution in [3.8, 4) is 0 Å². The van der Waals surface area contributed by atoms with E-state index in [-0.39, 0.29) is 23.9 Å². The van der Waals surface area contributed by atoms with Gasteiger partial charge in [0.1, 0.15) is 17.4 Å². The van der Waals surface area contributed by atoms with Crippen LogP contribution >= 0.6 is 0 Å². The van der Waals surface area contributed by atoms with E-state index >= 15 is 0 Å². The molecule has 19 heavy (non-hydrogen) atoms. The Kier molecular flexibility index (Phi) is 4.64. The van der Waals surface area contributed by atoms with Crippen molar-refractivity contribution in [2.45, 2.75) is 38.7 Å². The molecule has 1 saturated carbocycles. The minimum absolute atomic E-state index is 0.107. The quantitative estimate of drug-likeness (QED) is 0.791. The molecule has 1 aromatic rings. The molecule has 0 heterocycles. The van der Waals surface area contributed by atoms with E-state index in [9.17, 15) is 13.6 Å². The predicted molar refractivity (Wildman–Crippen MR) is 67.8 cm³/mol. The lowest BCUT2D eigenvalue weighted by atomic mass is 9.78. The number of halogens is 2. The molecule has 4 heteroatoms. The summed E-state index contributed by atoms with van der Waals surface area (Å²) in [7, 11) is 0. The Morgan fingerprint density at radius 1 is 1.32 bits per heavy atom. The van der Waals surface area contributed by atoms with Crippen LogP contribution in [-0.2, 0) is 16.0 Å².